The van der Waals surface area contributed by atoms with Gasteiger partial charge in [-0.3, -0.25) is 9.48 Å². The number of sulfonamides is 1. The zero-order valence-corrected chi connectivity index (χ0v) is 21.5. The lowest BCUT2D eigenvalue weighted by Gasteiger charge is -2.47. The van der Waals surface area contributed by atoms with Crippen LogP contribution in [0.15, 0.2) is 36.7 Å². The molecule has 1 aliphatic heterocycles. The van der Waals surface area contributed by atoms with Crippen molar-refractivity contribution in [3.05, 3.63) is 47.5 Å². The average Bonchev–Trinajstić information content (AvgIpc) is 3.35. The molecule has 0 saturated carbocycles. The fourth-order valence-corrected chi connectivity index (χ4v) is 5.50. The standard InChI is InChI=1S/C23H25ClN8O4S/c1-4-37(34,35)31-13-23(14-31,8-9-25)32-12-15(11-27-32)16-6-5-7-17(21(16)36-3)28-18-10-19(24)29-30-20(18)22(33)26-2/h5-7,10-12H,4,8,13-14H2,1-3H3,(H,26,33)(H,28,29)/i2D3. The van der Waals surface area contributed by atoms with E-state index in [0.717, 1.165) is 0 Å². The van der Waals surface area contributed by atoms with Crippen molar-refractivity contribution in [1.29, 1.82) is 5.26 Å². The number of nitriles is 1. The number of hydrogen-bond acceptors (Lipinski definition) is 9. The summed E-state index contributed by atoms with van der Waals surface area (Å²) in [6, 6.07) is 8.62. The normalized spacial score (nSPS) is 16.4. The summed E-state index contributed by atoms with van der Waals surface area (Å²) in [5, 5.41) is 26.1. The van der Waals surface area contributed by atoms with E-state index in [1.165, 1.54) is 17.5 Å². The molecule has 37 heavy (non-hydrogen) atoms. The molecule has 3 aromatic rings. The number of benzene rings is 1. The molecule has 0 atom stereocenters. The predicted octanol–water partition coefficient (Wildman–Crippen LogP) is 2.38. The van der Waals surface area contributed by atoms with Crippen molar-refractivity contribution in [2.75, 3.05) is 38.2 Å². The van der Waals surface area contributed by atoms with Crippen molar-refractivity contribution in [2.45, 2.75) is 18.9 Å². The van der Waals surface area contributed by atoms with Crippen LogP contribution in [0.4, 0.5) is 11.4 Å². The first-order chi connectivity index (χ1) is 18.8. The monoisotopic (exact) mass is 547 g/mol. The second-order valence-corrected chi connectivity index (χ2v) is 10.9. The summed E-state index contributed by atoms with van der Waals surface area (Å²) in [5.74, 6) is -0.657. The van der Waals surface area contributed by atoms with E-state index in [4.69, 9.17) is 20.5 Å². The van der Waals surface area contributed by atoms with Crippen molar-refractivity contribution < 1.29 is 22.1 Å². The average molecular weight is 548 g/mol. The molecule has 0 radical (unpaired) electrons. The number of ether oxygens (including phenoxy) is 1. The maximum absolute atomic E-state index is 12.6. The zero-order valence-electron chi connectivity index (χ0n) is 22.9. The Hall–Kier alpha value is -3.73. The summed E-state index contributed by atoms with van der Waals surface area (Å²) < 4.78 is 55.1. The van der Waals surface area contributed by atoms with Crippen LogP contribution in [0.2, 0.25) is 5.15 Å². The highest BCUT2D eigenvalue weighted by Gasteiger charge is 2.49. The Kier molecular flexibility index (Phi) is 6.27. The van der Waals surface area contributed by atoms with Gasteiger partial charge in [-0.2, -0.15) is 14.7 Å². The number of aromatic nitrogens is 4. The van der Waals surface area contributed by atoms with Crippen LogP contribution in [0.25, 0.3) is 11.1 Å². The molecule has 0 spiro atoms. The van der Waals surface area contributed by atoms with Gasteiger partial charge in [-0.15, -0.1) is 10.2 Å². The summed E-state index contributed by atoms with van der Waals surface area (Å²) in [7, 11) is -1.95. The Morgan fingerprint density at radius 1 is 1.35 bits per heavy atom. The maximum atomic E-state index is 12.6. The molecule has 1 amide bonds. The smallest absolute Gasteiger partial charge is 0.273 e. The minimum absolute atomic E-state index is 0.0330. The van der Waals surface area contributed by atoms with Gasteiger partial charge >= 0.3 is 0 Å². The van der Waals surface area contributed by atoms with E-state index in [-0.39, 0.29) is 41.8 Å². The Labute approximate surface area is 223 Å². The van der Waals surface area contributed by atoms with E-state index in [2.05, 4.69) is 26.7 Å². The van der Waals surface area contributed by atoms with E-state index < -0.39 is 28.4 Å². The van der Waals surface area contributed by atoms with Gasteiger partial charge in [-0.25, -0.2) is 8.42 Å². The van der Waals surface area contributed by atoms with Crippen molar-refractivity contribution >= 4 is 38.9 Å². The van der Waals surface area contributed by atoms with Gasteiger partial charge in [0.05, 0.1) is 42.9 Å². The van der Waals surface area contributed by atoms with Crippen molar-refractivity contribution in [3.8, 4) is 22.9 Å². The Balaban J connectivity index is 1.67. The number of anilines is 2. The van der Waals surface area contributed by atoms with Crippen LogP contribution in [0.5, 0.6) is 5.75 Å². The first kappa shape index (κ1) is 22.5. The van der Waals surface area contributed by atoms with Gasteiger partial charge in [0, 0.05) is 47.6 Å². The fourth-order valence-electron chi connectivity index (χ4n) is 4.11. The first-order valence-corrected chi connectivity index (χ1v) is 13.0. The zero-order chi connectivity index (χ0) is 29.3. The van der Waals surface area contributed by atoms with E-state index >= 15 is 0 Å². The number of nitrogens with one attached hydrogen (secondary N) is 2. The van der Waals surface area contributed by atoms with Gasteiger partial charge in [-0.1, -0.05) is 23.7 Å². The van der Waals surface area contributed by atoms with E-state index in [1.807, 2.05) is 5.32 Å². The van der Waals surface area contributed by atoms with Gasteiger partial charge in [-0.05, 0) is 13.0 Å². The maximum Gasteiger partial charge on any atom is 0.273 e. The number of amides is 1. The van der Waals surface area contributed by atoms with Crippen molar-refractivity contribution in [1.82, 2.24) is 29.6 Å². The number of nitrogens with zero attached hydrogens (tertiary/aromatic N) is 6. The lowest BCUT2D eigenvalue weighted by atomic mass is 9.89. The molecule has 1 fully saturated rings. The quantitative estimate of drug-likeness (QED) is 0.410. The molecular formula is C23H25ClN8O4S. The number of halogens is 1. The molecule has 12 nitrogen and oxygen atoms in total. The molecule has 14 heteroatoms. The fraction of sp³-hybridized carbons (Fsp3) is 0.348. The molecule has 0 unspecified atom stereocenters. The SMILES string of the molecule is [2H]C([2H])([2H])NC(=O)c1nnc(Cl)cc1Nc1cccc(-c2cnn(C3(CC#N)CN(S(=O)(=O)CC)C3)c2)c1OC. The second-order valence-electron chi connectivity index (χ2n) is 8.30. The molecule has 2 N–H and O–H groups in total. The number of hydrogen-bond donors (Lipinski definition) is 2. The Morgan fingerprint density at radius 3 is 2.81 bits per heavy atom. The molecular weight excluding hydrogens is 520 g/mol. The summed E-state index contributed by atoms with van der Waals surface area (Å²) >= 11 is 6.00. The molecule has 194 valence electrons. The van der Waals surface area contributed by atoms with E-state index in [0.29, 0.717) is 22.6 Å². The molecule has 1 saturated heterocycles. The Bertz CT molecular complexity index is 1580. The van der Waals surface area contributed by atoms with Crippen LogP contribution in [-0.2, 0) is 15.6 Å². The lowest BCUT2D eigenvalue weighted by molar-refractivity contribution is 0.0719. The number of methoxy groups -OCH3 is 1. The van der Waals surface area contributed by atoms with Gasteiger partial charge < -0.3 is 15.4 Å². The summed E-state index contributed by atoms with van der Waals surface area (Å²) in [5.41, 5.74) is 0.618. The van der Waals surface area contributed by atoms with Gasteiger partial charge in [0.2, 0.25) is 10.0 Å². The lowest BCUT2D eigenvalue weighted by Crippen LogP contribution is -2.64. The molecule has 0 bridgehead atoms. The number of carbonyl (C=O) groups is 1. The summed E-state index contributed by atoms with van der Waals surface area (Å²) in [6.07, 6.45) is 3.37. The molecule has 1 aliphatic rings. The van der Waals surface area contributed by atoms with E-state index in [1.54, 1.807) is 42.2 Å². The number of rotatable bonds is 9. The van der Waals surface area contributed by atoms with Gasteiger partial charge in [0.25, 0.3) is 5.91 Å². The van der Waals surface area contributed by atoms with E-state index in [9.17, 15) is 18.5 Å². The topological polar surface area (TPSA) is 155 Å². The van der Waals surface area contributed by atoms with Crippen LogP contribution < -0.4 is 15.4 Å². The molecule has 2 aromatic heterocycles. The number of carbonyl (C=O) groups excluding carboxylic acids is 1. The van der Waals surface area contributed by atoms with Crippen molar-refractivity contribution in [3.63, 3.8) is 0 Å². The molecule has 4 rings (SSSR count). The molecule has 1 aromatic carbocycles. The highest BCUT2D eigenvalue weighted by molar-refractivity contribution is 7.89. The Morgan fingerprint density at radius 2 is 2.14 bits per heavy atom. The third-order valence-corrected chi connectivity index (χ3v) is 8.03. The summed E-state index contributed by atoms with van der Waals surface area (Å²) in [6.45, 7) is -0.910. The largest absolute Gasteiger partial charge is 0.494 e. The minimum Gasteiger partial charge on any atom is -0.494 e. The highest BCUT2D eigenvalue weighted by Crippen LogP contribution is 2.40. The van der Waals surface area contributed by atoms with Gasteiger partial charge in [0.1, 0.15) is 11.3 Å². The van der Waals surface area contributed by atoms with Crippen LogP contribution >= 0.6 is 11.6 Å². The molecule has 3 heterocycles. The highest BCUT2D eigenvalue weighted by atomic mass is 35.5. The number of para-hydroxylation sites is 1. The first-order valence-electron chi connectivity index (χ1n) is 12.5. The third-order valence-electron chi connectivity index (χ3n) is 6.07. The summed E-state index contributed by atoms with van der Waals surface area (Å²) in [4.78, 5) is 12.6. The van der Waals surface area contributed by atoms with Crippen LogP contribution in [0, 0.1) is 11.3 Å². The third kappa shape index (κ3) is 4.95. The predicted molar refractivity (Wildman–Crippen MR) is 137 cm³/mol. The van der Waals surface area contributed by atoms with Gasteiger partial charge in [0.15, 0.2) is 10.8 Å². The minimum atomic E-state index is -3.40. The molecule has 0 aliphatic carbocycles. The van der Waals surface area contributed by atoms with Crippen molar-refractivity contribution in [2.24, 2.45) is 0 Å². The van der Waals surface area contributed by atoms with Crippen LogP contribution in [0.3, 0.4) is 0 Å². The second kappa shape index (κ2) is 10.3. The van der Waals surface area contributed by atoms with Crippen LogP contribution in [-0.4, -0.2) is 71.5 Å². The van der Waals surface area contributed by atoms with Crippen LogP contribution in [0.1, 0.15) is 27.9 Å².